The van der Waals surface area contributed by atoms with Gasteiger partial charge in [0.1, 0.15) is 18.3 Å². The molecule has 0 radical (unpaired) electrons. The first-order chi connectivity index (χ1) is 16.1. The number of imidazole rings is 1. The van der Waals surface area contributed by atoms with Crippen molar-refractivity contribution in [2.24, 2.45) is 12.2 Å². The maximum atomic E-state index is 12.0. The van der Waals surface area contributed by atoms with Gasteiger partial charge in [0.15, 0.2) is 6.33 Å². The molecule has 1 saturated heterocycles. The van der Waals surface area contributed by atoms with Gasteiger partial charge in [-0.15, -0.1) is 0 Å². The minimum atomic E-state index is -5.01. The Morgan fingerprint density at radius 2 is 2.00 bits per heavy atom. The van der Waals surface area contributed by atoms with E-state index >= 15 is 0 Å². The lowest BCUT2D eigenvalue weighted by Crippen LogP contribution is -2.46. The van der Waals surface area contributed by atoms with Crippen LogP contribution in [0.25, 0.3) is 21.6 Å². The van der Waals surface area contributed by atoms with Gasteiger partial charge in [-0.05, 0) is 5.53 Å². The summed E-state index contributed by atoms with van der Waals surface area (Å²) in [5, 5.41) is 25.1. The number of aryl methyl sites for hydroxylation is 1. The average Bonchev–Trinajstić information content (AvgIpc) is 3.19. The predicted molar refractivity (Wildman–Crippen MR) is 122 cm³/mol. The summed E-state index contributed by atoms with van der Waals surface area (Å²) in [5.74, 6) is -0.155. The highest BCUT2D eigenvalue weighted by Crippen LogP contribution is 2.34. The first-order valence-corrected chi connectivity index (χ1v) is 12.5. The van der Waals surface area contributed by atoms with E-state index in [-0.39, 0.29) is 42.5 Å². The molecule has 2 aromatic rings. The van der Waals surface area contributed by atoms with Crippen LogP contribution in [0.3, 0.4) is 0 Å². The Balaban J connectivity index is 0.000000930. The van der Waals surface area contributed by atoms with Crippen molar-refractivity contribution in [1.29, 1.82) is 0 Å². The lowest BCUT2D eigenvalue weighted by atomic mass is 10.1. The number of nitrogen functional groups attached to an aromatic ring is 1. The normalized spacial score (nSPS) is 22.6. The first kappa shape index (κ1) is 34.5. The van der Waals surface area contributed by atoms with Gasteiger partial charge in [0, 0.05) is 18.0 Å². The van der Waals surface area contributed by atoms with E-state index in [0.717, 1.165) is 0 Å². The van der Waals surface area contributed by atoms with Crippen LogP contribution in [0.4, 0.5) is 5.95 Å². The predicted octanol–water partition coefficient (Wildman–Crippen LogP) is -3.47. The number of rotatable bonds is 8. The minimum Gasteiger partial charge on any atom is -0.756 e. The van der Waals surface area contributed by atoms with Crippen molar-refractivity contribution in [3.63, 3.8) is 0 Å². The maximum absolute atomic E-state index is 12.0. The van der Waals surface area contributed by atoms with Crippen LogP contribution < -0.4 is 38.1 Å². The van der Waals surface area contributed by atoms with E-state index in [1.54, 1.807) is 7.05 Å². The quantitative estimate of drug-likeness (QED) is 0.0363. The fraction of sp³-hybridized carbons (Fsp3) is 0.615. The standard InChI is InChI=1S/C11H16N5O8P.C2H7N4O3P.2H3N/c1-15-3-16(8-5(15)9(19)14-11(12)13-8)10-7(18)6(17)4(24-10)2-23-25(20,21)22;3-6-4-1-2-5-10(7,8)9;;/h3-4,6-7,10,17-18H,2H2,1H3,(H4-,12,13,14,19,20,21,22);1-2H2,(H3,5,7,8,9);2*1H3/t4-,6-,7-,10-;;;/m1.../s1. The van der Waals surface area contributed by atoms with Crippen LogP contribution in [0.1, 0.15) is 6.23 Å². The third-order valence-corrected chi connectivity index (χ3v) is 5.51. The molecule has 1 aliphatic rings. The molecule has 15 N–H and O–H groups in total. The van der Waals surface area contributed by atoms with Crippen molar-refractivity contribution >= 4 is 32.7 Å². The van der Waals surface area contributed by atoms with E-state index in [2.05, 4.69) is 24.5 Å². The molecule has 37 heavy (non-hydrogen) atoms. The summed E-state index contributed by atoms with van der Waals surface area (Å²) in [6, 6.07) is 0. The SMILES string of the molecule is Cn1c[n+]([C@@H]2O[C@H](COP(=O)([O-])O)[C@@H](O)[C@H]2O)c2nc(N)[nH]c(=O)c21.N.N.[N-]=[N+]=NCCNP(=O)(O)O. The Bertz CT molecular complexity index is 1240. The van der Waals surface area contributed by atoms with Gasteiger partial charge in [0.25, 0.3) is 19.3 Å². The monoisotopic (exact) mass is 577 g/mol. The third kappa shape index (κ3) is 9.70. The largest absolute Gasteiger partial charge is 0.756 e. The van der Waals surface area contributed by atoms with Gasteiger partial charge in [-0.1, -0.05) is 10.1 Å². The number of anilines is 1. The molecule has 3 rings (SSSR count). The molecule has 0 amide bonds. The fourth-order valence-corrected chi connectivity index (χ4v) is 3.74. The number of azide groups is 1. The number of fused-ring (bicyclic) bond motifs is 1. The number of aromatic amines is 1. The fourth-order valence-electron chi connectivity index (χ4n) is 3.01. The zero-order valence-electron chi connectivity index (χ0n) is 19.3. The topological polar surface area (TPSA) is 388 Å². The van der Waals surface area contributed by atoms with Crippen molar-refractivity contribution in [2.75, 3.05) is 25.4 Å². The summed E-state index contributed by atoms with van der Waals surface area (Å²) in [6.45, 7) is -0.691. The smallest absolute Gasteiger partial charge is 0.400 e. The molecule has 3 heterocycles. The van der Waals surface area contributed by atoms with Gasteiger partial charge < -0.3 is 57.1 Å². The Kier molecular flexibility index (Phi) is 12.9. The summed E-state index contributed by atoms with van der Waals surface area (Å²) < 4.78 is 33.1. The summed E-state index contributed by atoms with van der Waals surface area (Å²) in [6.07, 6.45) is -4.00. The molecule has 1 unspecified atom stereocenters. The maximum Gasteiger partial charge on any atom is 0.400 e. The molecule has 212 valence electrons. The van der Waals surface area contributed by atoms with Gasteiger partial charge >= 0.3 is 13.4 Å². The first-order valence-electron chi connectivity index (χ1n) is 9.42. The van der Waals surface area contributed by atoms with Crippen molar-refractivity contribution in [3.05, 3.63) is 27.1 Å². The van der Waals surface area contributed by atoms with Gasteiger partial charge in [0.05, 0.1) is 13.7 Å². The van der Waals surface area contributed by atoms with Crippen LogP contribution in [0.15, 0.2) is 16.2 Å². The number of nitrogens with zero attached hydrogens (tertiary/aromatic N) is 6. The number of aliphatic hydroxyl groups is 2. The van der Waals surface area contributed by atoms with Crippen molar-refractivity contribution in [2.45, 2.75) is 24.5 Å². The van der Waals surface area contributed by atoms with E-state index in [1.165, 1.54) is 15.5 Å². The number of aliphatic hydroxyl groups excluding tert-OH is 2. The van der Waals surface area contributed by atoms with Crippen molar-refractivity contribution in [1.82, 2.24) is 31.9 Å². The molecule has 5 atom stereocenters. The van der Waals surface area contributed by atoms with Gasteiger partial charge in [-0.2, -0.15) is 0 Å². The molecular weight excluding hydrogens is 548 g/mol. The van der Waals surface area contributed by atoms with Crippen LogP contribution in [0, 0.1) is 0 Å². The van der Waals surface area contributed by atoms with Crippen molar-refractivity contribution in [3.8, 4) is 0 Å². The number of aromatic nitrogens is 4. The second kappa shape index (κ2) is 13.9. The molecule has 0 aliphatic carbocycles. The molecule has 22 nitrogen and oxygen atoms in total. The van der Waals surface area contributed by atoms with Crippen molar-refractivity contribution < 1.29 is 52.7 Å². The number of phosphoric acid groups is 1. The van der Waals surface area contributed by atoms with Crippen LogP contribution in [0.2, 0.25) is 0 Å². The number of ether oxygens (including phenoxy) is 1. The highest BCUT2D eigenvalue weighted by Gasteiger charge is 2.47. The zero-order chi connectivity index (χ0) is 26.6. The van der Waals surface area contributed by atoms with E-state index in [9.17, 15) is 29.0 Å². The summed E-state index contributed by atoms with van der Waals surface area (Å²) >= 11 is 0. The summed E-state index contributed by atoms with van der Waals surface area (Å²) in [5.41, 5.74) is 13.0. The van der Waals surface area contributed by atoms with Gasteiger partial charge in [-0.3, -0.25) is 18.9 Å². The summed E-state index contributed by atoms with van der Waals surface area (Å²) in [4.78, 5) is 56.4. The molecule has 0 aromatic carbocycles. The Hall–Kier alpha value is -2.52. The second-order valence-corrected chi connectivity index (χ2v) is 9.57. The molecule has 0 saturated carbocycles. The van der Waals surface area contributed by atoms with Crippen LogP contribution in [-0.2, 0) is 25.4 Å². The van der Waals surface area contributed by atoms with Crippen LogP contribution in [0.5, 0.6) is 0 Å². The number of phosphoric ester groups is 1. The highest BCUT2D eigenvalue weighted by molar-refractivity contribution is 7.49. The number of nitrogens with one attached hydrogen (secondary N) is 2. The second-order valence-electron chi connectivity index (χ2n) is 6.97. The molecule has 0 bridgehead atoms. The Morgan fingerprint density at radius 1 is 1.38 bits per heavy atom. The average molecular weight is 577 g/mol. The molecule has 0 spiro atoms. The number of H-pyrrole nitrogens is 1. The third-order valence-electron chi connectivity index (χ3n) is 4.40. The molecule has 2 aromatic heterocycles. The minimum absolute atomic E-state index is 0. The molecule has 1 aliphatic heterocycles. The molecular formula is C13H29N11O11P2. The van der Waals surface area contributed by atoms with Crippen LogP contribution in [-0.4, -0.2) is 77.4 Å². The summed E-state index contributed by atoms with van der Waals surface area (Å²) in [7, 11) is -7.59. The Labute approximate surface area is 207 Å². The van der Waals surface area contributed by atoms with Gasteiger partial charge in [0.2, 0.25) is 11.7 Å². The van der Waals surface area contributed by atoms with E-state index in [0.29, 0.717) is 0 Å². The molecule has 1 fully saturated rings. The van der Waals surface area contributed by atoms with E-state index in [1.807, 2.05) is 5.09 Å². The van der Waals surface area contributed by atoms with E-state index in [4.69, 9.17) is 30.7 Å². The molecule has 24 heteroatoms. The number of nitrogens with two attached hydrogens (primary N) is 1. The van der Waals surface area contributed by atoms with Crippen LogP contribution >= 0.6 is 15.6 Å². The number of hydrogen-bond donors (Lipinski definition) is 10. The highest BCUT2D eigenvalue weighted by atomic mass is 31.2. The lowest BCUT2D eigenvalue weighted by Gasteiger charge is -2.19. The Morgan fingerprint density at radius 3 is 2.54 bits per heavy atom. The number of hydrogen-bond acceptors (Lipinski definition) is 13. The van der Waals surface area contributed by atoms with E-state index < -0.39 is 52.3 Å². The zero-order valence-corrected chi connectivity index (χ0v) is 21.1. The lowest BCUT2D eigenvalue weighted by molar-refractivity contribution is -0.745. The van der Waals surface area contributed by atoms with Gasteiger partial charge in [-0.25, -0.2) is 14.2 Å².